The van der Waals surface area contributed by atoms with Crippen molar-refractivity contribution in [2.45, 2.75) is 11.4 Å². The number of carboxylic acid groups (broad SMARTS) is 1. The first-order valence-corrected chi connectivity index (χ1v) is 6.03. The molecule has 10 heteroatoms. The predicted octanol–water partition coefficient (Wildman–Crippen LogP) is -1.45. The van der Waals surface area contributed by atoms with Crippen molar-refractivity contribution in [3.8, 4) is 0 Å². The predicted molar refractivity (Wildman–Crippen MR) is 52.0 cm³/mol. The zero-order valence-corrected chi connectivity index (χ0v) is 9.08. The lowest BCUT2D eigenvalue weighted by Gasteiger charge is -2.02. The standard InChI is InChI=1S/C6H5ClN2O6S/c7-16(14,15)3-1-9(2-4(10)11)6(13)8-5(3)12/h1H,2H2,(H,10,11)(H,8,12,13). The van der Waals surface area contributed by atoms with E-state index < -0.39 is 37.7 Å². The normalized spacial score (nSPS) is 11.3. The van der Waals surface area contributed by atoms with Crippen LogP contribution in [0.25, 0.3) is 0 Å². The second-order valence-corrected chi connectivity index (χ2v) is 5.25. The van der Waals surface area contributed by atoms with Crippen molar-refractivity contribution in [2.24, 2.45) is 0 Å². The molecule has 0 aliphatic carbocycles. The Labute approximate surface area is 92.5 Å². The van der Waals surface area contributed by atoms with Gasteiger partial charge < -0.3 is 5.11 Å². The summed E-state index contributed by atoms with van der Waals surface area (Å²) in [6.45, 7) is -0.783. The van der Waals surface area contributed by atoms with Gasteiger partial charge in [-0.05, 0) is 0 Å². The molecule has 0 unspecified atom stereocenters. The molecule has 0 aliphatic heterocycles. The van der Waals surface area contributed by atoms with E-state index in [1.807, 2.05) is 0 Å². The van der Waals surface area contributed by atoms with E-state index in [1.165, 1.54) is 0 Å². The highest BCUT2D eigenvalue weighted by atomic mass is 35.7. The quantitative estimate of drug-likeness (QED) is 0.646. The Morgan fingerprint density at radius 1 is 1.50 bits per heavy atom. The number of aromatic amines is 1. The van der Waals surface area contributed by atoms with Crippen LogP contribution in [0.15, 0.2) is 20.7 Å². The maximum Gasteiger partial charge on any atom is 0.328 e. The Bertz CT molecular complexity index is 642. The number of aromatic nitrogens is 2. The maximum atomic E-state index is 11.1. The van der Waals surface area contributed by atoms with Crippen molar-refractivity contribution < 1.29 is 18.3 Å². The number of hydrogen-bond acceptors (Lipinski definition) is 5. The van der Waals surface area contributed by atoms with E-state index in [2.05, 4.69) is 0 Å². The summed E-state index contributed by atoms with van der Waals surface area (Å²) in [5, 5.41) is 8.42. The molecule has 2 N–H and O–H groups in total. The molecule has 16 heavy (non-hydrogen) atoms. The molecule has 88 valence electrons. The maximum absolute atomic E-state index is 11.1. The van der Waals surface area contributed by atoms with Crippen LogP contribution >= 0.6 is 10.7 Å². The topological polar surface area (TPSA) is 126 Å². The number of carboxylic acids is 1. The van der Waals surface area contributed by atoms with E-state index in [0.29, 0.717) is 10.8 Å². The number of rotatable bonds is 3. The van der Waals surface area contributed by atoms with Crippen LogP contribution in [-0.2, 0) is 20.4 Å². The van der Waals surface area contributed by atoms with Crippen LogP contribution in [0.1, 0.15) is 0 Å². The highest BCUT2D eigenvalue weighted by Crippen LogP contribution is 2.07. The van der Waals surface area contributed by atoms with Gasteiger partial charge in [0.15, 0.2) is 4.90 Å². The van der Waals surface area contributed by atoms with Gasteiger partial charge in [-0.25, -0.2) is 13.2 Å². The smallest absolute Gasteiger partial charge is 0.328 e. The third kappa shape index (κ3) is 2.70. The van der Waals surface area contributed by atoms with Gasteiger partial charge in [-0.1, -0.05) is 0 Å². The van der Waals surface area contributed by atoms with Crippen molar-refractivity contribution in [1.29, 1.82) is 0 Å². The Kier molecular flexibility index (Phi) is 3.19. The number of aliphatic carboxylic acids is 1. The number of nitrogens with zero attached hydrogens (tertiary/aromatic N) is 1. The van der Waals surface area contributed by atoms with E-state index >= 15 is 0 Å². The van der Waals surface area contributed by atoms with E-state index in [9.17, 15) is 22.8 Å². The van der Waals surface area contributed by atoms with E-state index in [-0.39, 0.29) is 0 Å². The molecule has 0 atom stereocenters. The van der Waals surface area contributed by atoms with E-state index in [4.69, 9.17) is 15.8 Å². The number of H-pyrrole nitrogens is 1. The van der Waals surface area contributed by atoms with E-state index in [0.717, 1.165) is 0 Å². The van der Waals surface area contributed by atoms with Crippen molar-refractivity contribution in [2.75, 3.05) is 0 Å². The Balaban J connectivity index is 3.51. The largest absolute Gasteiger partial charge is 0.480 e. The number of carbonyl (C=O) groups is 1. The average molecular weight is 269 g/mol. The summed E-state index contributed by atoms with van der Waals surface area (Å²) in [5.41, 5.74) is -2.22. The van der Waals surface area contributed by atoms with Crippen molar-refractivity contribution in [3.63, 3.8) is 0 Å². The first kappa shape index (κ1) is 12.5. The van der Waals surface area contributed by atoms with Crippen LogP contribution in [0.4, 0.5) is 0 Å². The Morgan fingerprint density at radius 3 is 2.50 bits per heavy atom. The number of hydrogen-bond donors (Lipinski definition) is 2. The molecule has 0 amide bonds. The molecule has 8 nitrogen and oxygen atoms in total. The lowest BCUT2D eigenvalue weighted by molar-refractivity contribution is -0.137. The Morgan fingerprint density at radius 2 is 2.06 bits per heavy atom. The molecule has 0 saturated heterocycles. The lowest BCUT2D eigenvalue weighted by Crippen LogP contribution is -2.33. The van der Waals surface area contributed by atoms with Gasteiger partial charge in [0.2, 0.25) is 0 Å². The molecule has 1 rings (SSSR count). The summed E-state index contributed by atoms with van der Waals surface area (Å²) >= 11 is 0. The number of nitrogens with one attached hydrogen (secondary N) is 1. The zero-order chi connectivity index (χ0) is 12.5. The van der Waals surface area contributed by atoms with Crippen LogP contribution in [0, 0.1) is 0 Å². The third-order valence-electron chi connectivity index (χ3n) is 1.55. The fraction of sp³-hybridized carbons (Fsp3) is 0.167. The monoisotopic (exact) mass is 268 g/mol. The van der Waals surface area contributed by atoms with Crippen LogP contribution in [-0.4, -0.2) is 29.0 Å². The van der Waals surface area contributed by atoms with Crippen LogP contribution in [0.3, 0.4) is 0 Å². The third-order valence-corrected chi connectivity index (χ3v) is 2.86. The molecule has 0 spiro atoms. The summed E-state index contributed by atoms with van der Waals surface area (Å²) < 4.78 is 22.3. The first-order valence-electron chi connectivity index (χ1n) is 3.72. The molecule has 1 aromatic heterocycles. The first-order chi connectivity index (χ1) is 7.21. The second-order valence-electron chi connectivity index (χ2n) is 2.71. The molecule has 0 aromatic carbocycles. The van der Waals surface area contributed by atoms with Crippen molar-refractivity contribution >= 4 is 25.7 Å². The van der Waals surface area contributed by atoms with Gasteiger partial charge in [0.05, 0.1) is 0 Å². The van der Waals surface area contributed by atoms with E-state index in [1.54, 1.807) is 4.98 Å². The zero-order valence-electron chi connectivity index (χ0n) is 7.51. The van der Waals surface area contributed by atoms with Crippen molar-refractivity contribution in [1.82, 2.24) is 9.55 Å². The summed E-state index contributed by atoms with van der Waals surface area (Å²) in [5.74, 6) is -1.37. The van der Waals surface area contributed by atoms with Crippen LogP contribution in [0.2, 0.25) is 0 Å². The fourth-order valence-electron chi connectivity index (χ4n) is 0.926. The molecule has 0 radical (unpaired) electrons. The highest BCUT2D eigenvalue weighted by molar-refractivity contribution is 8.13. The second kappa shape index (κ2) is 4.10. The Hall–Kier alpha value is -1.61. The van der Waals surface area contributed by atoms with Gasteiger partial charge in [-0.15, -0.1) is 0 Å². The van der Waals surface area contributed by atoms with Gasteiger partial charge in [0.25, 0.3) is 14.6 Å². The number of halogens is 1. The van der Waals surface area contributed by atoms with Crippen LogP contribution in [0.5, 0.6) is 0 Å². The van der Waals surface area contributed by atoms with Gasteiger partial charge in [0.1, 0.15) is 6.54 Å². The van der Waals surface area contributed by atoms with Gasteiger partial charge >= 0.3 is 11.7 Å². The lowest BCUT2D eigenvalue weighted by atomic mass is 10.6. The highest BCUT2D eigenvalue weighted by Gasteiger charge is 2.17. The minimum absolute atomic E-state index is 0.513. The summed E-state index contributed by atoms with van der Waals surface area (Å²) in [4.78, 5) is 33.2. The molecule has 0 aliphatic rings. The molecule has 1 aromatic rings. The van der Waals surface area contributed by atoms with Crippen molar-refractivity contribution in [3.05, 3.63) is 27.0 Å². The minimum Gasteiger partial charge on any atom is -0.480 e. The van der Waals surface area contributed by atoms with Crippen LogP contribution < -0.4 is 11.2 Å². The molecule has 1 heterocycles. The fourth-order valence-corrected chi connectivity index (χ4v) is 1.78. The molecule has 0 fully saturated rings. The molecule has 0 saturated carbocycles. The minimum atomic E-state index is -4.33. The van der Waals surface area contributed by atoms with Gasteiger partial charge in [-0.2, -0.15) is 0 Å². The summed E-state index contributed by atoms with van der Waals surface area (Å²) in [6.07, 6.45) is 0.581. The SMILES string of the molecule is O=C(O)Cn1cc(S(=O)(=O)Cl)c(=O)[nH]c1=O. The molecular formula is C6H5ClN2O6S. The summed E-state index contributed by atoms with van der Waals surface area (Å²) in [6, 6.07) is 0. The van der Waals surface area contributed by atoms with Gasteiger partial charge in [0, 0.05) is 16.9 Å². The molecule has 0 bridgehead atoms. The van der Waals surface area contributed by atoms with Gasteiger partial charge in [-0.3, -0.25) is 19.1 Å². The summed E-state index contributed by atoms with van der Waals surface area (Å²) in [7, 11) is 0.581. The average Bonchev–Trinajstić information content (AvgIpc) is 2.06. The molecular weight excluding hydrogens is 264 g/mol.